The molecule has 1 saturated carbocycles. The van der Waals surface area contributed by atoms with Gasteiger partial charge in [-0.1, -0.05) is 12.1 Å². The fourth-order valence-corrected chi connectivity index (χ4v) is 6.52. The van der Waals surface area contributed by atoms with E-state index in [0.29, 0.717) is 51.8 Å². The summed E-state index contributed by atoms with van der Waals surface area (Å²) in [6, 6.07) is 14.9. The van der Waals surface area contributed by atoms with Crippen molar-refractivity contribution in [2.24, 2.45) is 0 Å². The maximum absolute atomic E-state index is 12.9. The third-order valence-electron chi connectivity index (χ3n) is 9.12. The molecule has 1 fully saturated rings. The van der Waals surface area contributed by atoms with E-state index in [1.807, 2.05) is 0 Å². The molecule has 17 heteroatoms. The van der Waals surface area contributed by atoms with Crippen molar-refractivity contribution >= 4 is 57.6 Å². The number of carbonyl (C=O) groups is 4. The zero-order valence-corrected chi connectivity index (χ0v) is 38.1. The standard InChI is InChI=1S/C29H33F3N2O5.C18H24N2O5/c1-27(2,3)38-25(35)33-23-16-34(26(36)39-28(4,5)6)24-12-11-20(15-22(23)24)37-21-13-18(14-21)17-7-9-19(10-8-17)29(30,31)32;1-17(2,3)24-15(22)19-13-10-20(16(23)25-18(4,5)6)14-8-7-11(21)9-12(13)14/h7-12,15-16,18,21H,13-14H2,1-6H3,(H,33,35);7-10,21H,1-6H3,(H,19,22). The van der Waals surface area contributed by atoms with Gasteiger partial charge in [0.15, 0.2) is 0 Å². The zero-order chi connectivity index (χ0) is 47.7. The van der Waals surface area contributed by atoms with Crippen molar-refractivity contribution in [2.45, 2.75) is 137 Å². The lowest BCUT2D eigenvalue weighted by molar-refractivity contribution is -0.137. The first kappa shape index (κ1) is 48.6. The number of phenolic OH excluding ortho intramolecular Hbond substituents is 1. The van der Waals surface area contributed by atoms with Crippen LogP contribution in [0.25, 0.3) is 21.8 Å². The van der Waals surface area contributed by atoms with Gasteiger partial charge in [0.1, 0.15) is 33.9 Å². The van der Waals surface area contributed by atoms with Crippen LogP contribution in [0.15, 0.2) is 73.1 Å². The summed E-state index contributed by atoms with van der Waals surface area (Å²) in [6.07, 6.45) is -2.74. The molecule has 3 N–H and O–H groups in total. The molecule has 0 atom stereocenters. The monoisotopic (exact) mass is 894 g/mol. The largest absolute Gasteiger partial charge is 0.508 e. The number of rotatable bonds is 5. The summed E-state index contributed by atoms with van der Waals surface area (Å²) >= 11 is 0. The second-order valence-electron chi connectivity index (χ2n) is 19.4. The molecule has 346 valence electrons. The average molecular weight is 895 g/mol. The van der Waals surface area contributed by atoms with Crippen molar-refractivity contribution in [3.8, 4) is 11.5 Å². The second kappa shape index (κ2) is 18.0. The van der Waals surface area contributed by atoms with E-state index >= 15 is 0 Å². The van der Waals surface area contributed by atoms with Gasteiger partial charge in [-0.2, -0.15) is 13.2 Å². The molecule has 0 aliphatic heterocycles. The molecule has 2 heterocycles. The van der Waals surface area contributed by atoms with E-state index in [1.165, 1.54) is 45.8 Å². The summed E-state index contributed by atoms with van der Waals surface area (Å²) in [5.41, 5.74) is -0.870. The minimum Gasteiger partial charge on any atom is -0.508 e. The summed E-state index contributed by atoms with van der Waals surface area (Å²) < 4.78 is 68.8. The van der Waals surface area contributed by atoms with Gasteiger partial charge >= 0.3 is 30.5 Å². The van der Waals surface area contributed by atoms with Crippen LogP contribution < -0.4 is 15.4 Å². The number of hydrogen-bond acceptors (Lipinski definition) is 10. The van der Waals surface area contributed by atoms with E-state index in [1.54, 1.807) is 107 Å². The van der Waals surface area contributed by atoms with Crippen molar-refractivity contribution in [3.63, 3.8) is 0 Å². The van der Waals surface area contributed by atoms with E-state index in [0.717, 1.165) is 17.7 Å². The van der Waals surface area contributed by atoms with Crippen LogP contribution in [0.4, 0.5) is 43.7 Å². The first-order valence-electron chi connectivity index (χ1n) is 20.6. The fourth-order valence-electron chi connectivity index (χ4n) is 6.52. The van der Waals surface area contributed by atoms with Crippen molar-refractivity contribution in [3.05, 3.63) is 84.2 Å². The Morgan fingerprint density at radius 3 is 1.44 bits per heavy atom. The average Bonchev–Trinajstić information content (AvgIpc) is 3.64. The smallest absolute Gasteiger partial charge is 0.419 e. The zero-order valence-electron chi connectivity index (χ0n) is 38.1. The van der Waals surface area contributed by atoms with Crippen LogP contribution in [-0.2, 0) is 25.1 Å². The lowest BCUT2D eigenvalue weighted by Crippen LogP contribution is -2.32. The van der Waals surface area contributed by atoms with Crippen molar-refractivity contribution in [2.75, 3.05) is 10.6 Å². The minimum atomic E-state index is -4.36. The van der Waals surface area contributed by atoms with E-state index in [2.05, 4.69) is 10.6 Å². The lowest BCUT2D eigenvalue weighted by atomic mass is 9.77. The van der Waals surface area contributed by atoms with Crippen LogP contribution >= 0.6 is 0 Å². The molecule has 5 aromatic rings. The molecular weight excluding hydrogens is 838 g/mol. The maximum Gasteiger partial charge on any atom is 0.419 e. The number of amides is 2. The van der Waals surface area contributed by atoms with Gasteiger partial charge in [0, 0.05) is 23.2 Å². The predicted octanol–water partition coefficient (Wildman–Crippen LogP) is 12.6. The van der Waals surface area contributed by atoms with Gasteiger partial charge in [-0.25, -0.2) is 19.2 Å². The molecule has 0 spiro atoms. The Bertz CT molecular complexity index is 2510. The fraction of sp³-hybridized carbons (Fsp3) is 0.447. The van der Waals surface area contributed by atoms with Gasteiger partial charge < -0.3 is 28.8 Å². The maximum atomic E-state index is 12.9. The Hall–Kier alpha value is -6.39. The number of ether oxygens (including phenoxy) is 5. The highest BCUT2D eigenvalue weighted by atomic mass is 19.4. The Morgan fingerprint density at radius 1 is 0.594 bits per heavy atom. The molecule has 2 amide bonds. The molecule has 3 aromatic carbocycles. The summed E-state index contributed by atoms with van der Waals surface area (Å²) in [7, 11) is 0. The molecule has 1 aliphatic rings. The number of hydrogen-bond donors (Lipinski definition) is 3. The van der Waals surface area contributed by atoms with E-state index in [9.17, 15) is 37.5 Å². The van der Waals surface area contributed by atoms with Gasteiger partial charge in [0.2, 0.25) is 0 Å². The molecular formula is C47H57F3N4O10. The third kappa shape index (κ3) is 13.3. The number of aromatic hydroxyl groups is 1. The molecule has 6 rings (SSSR count). The summed E-state index contributed by atoms with van der Waals surface area (Å²) in [6.45, 7) is 21.1. The van der Waals surface area contributed by atoms with Gasteiger partial charge in [0.25, 0.3) is 0 Å². The third-order valence-corrected chi connectivity index (χ3v) is 9.12. The first-order chi connectivity index (χ1) is 29.3. The predicted molar refractivity (Wildman–Crippen MR) is 236 cm³/mol. The quantitative estimate of drug-likeness (QED) is 0.144. The summed E-state index contributed by atoms with van der Waals surface area (Å²) in [4.78, 5) is 49.8. The van der Waals surface area contributed by atoms with Crippen LogP contribution in [-0.4, -0.2) is 67.1 Å². The molecule has 0 saturated heterocycles. The number of benzene rings is 3. The number of carbonyl (C=O) groups excluding carboxylic acids is 4. The molecule has 1 aliphatic carbocycles. The van der Waals surface area contributed by atoms with Gasteiger partial charge in [-0.15, -0.1) is 0 Å². The van der Waals surface area contributed by atoms with E-state index in [-0.39, 0.29) is 17.8 Å². The number of aromatic nitrogens is 2. The second-order valence-corrected chi connectivity index (χ2v) is 19.4. The number of nitrogens with one attached hydrogen (secondary N) is 2. The van der Waals surface area contributed by atoms with Crippen molar-refractivity contribution in [1.29, 1.82) is 0 Å². The minimum absolute atomic E-state index is 0.0154. The highest BCUT2D eigenvalue weighted by Gasteiger charge is 2.35. The lowest BCUT2D eigenvalue weighted by Gasteiger charge is -2.35. The molecule has 0 bridgehead atoms. The Balaban J connectivity index is 0.000000266. The van der Waals surface area contributed by atoms with Gasteiger partial charge in [-0.05, 0) is 156 Å². The SMILES string of the molecule is CC(C)(C)OC(=O)Nc1cn(C(=O)OC(C)(C)C)c2ccc(O)cc12.CC(C)(C)OC(=O)Nc1cn(C(=O)OC(C)(C)C)c2ccc(OC3CC(c4ccc(C(F)(F)F)cc4)C3)cc12. The molecule has 0 radical (unpaired) electrons. The molecule has 0 unspecified atom stereocenters. The number of nitrogens with zero attached hydrogens (tertiary/aromatic N) is 2. The summed E-state index contributed by atoms with van der Waals surface area (Å²) in [5, 5.41) is 16.1. The van der Waals surface area contributed by atoms with E-state index in [4.69, 9.17) is 23.7 Å². The van der Waals surface area contributed by atoms with Crippen molar-refractivity contribution in [1.82, 2.24) is 9.13 Å². The number of halogens is 3. The normalized spacial score (nSPS) is 15.6. The number of fused-ring (bicyclic) bond motifs is 2. The highest BCUT2D eigenvalue weighted by molar-refractivity contribution is 6.05. The Kier molecular flexibility index (Phi) is 13.7. The van der Waals surface area contributed by atoms with Crippen LogP contribution in [0.3, 0.4) is 0 Å². The van der Waals surface area contributed by atoms with Gasteiger partial charge in [0.05, 0.1) is 34.1 Å². The van der Waals surface area contributed by atoms with E-state index < -0.39 is 58.5 Å². The molecule has 64 heavy (non-hydrogen) atoms. The van der Waals surface area contributed by atoms with Crippen LogP contribution in [0.2, 0.25) is 0 Å². The van der Waals surface area contributed by atoms with Crippen molar-refractivity contribution < 1.29 is 61.1 Å². The number of anilines is 2. The molecule has 14 nitrogen and oxygen atoms in total. The van der Waals surface area contributed by atoms with Gasteiger partial charge in [-0.3, -0.25) is 19.8 Å². The van der Waals surface area contributed by atoms with Crippen LogP contribution in [0.5, 0.6) is 11.5 Å². The first-order valence-corrected chi connectivity index (χ1v) is 20.6. The number of alkyl halides is 3. The number of phenols is 1. The topological polar surface area (TPSA) is 169 Å². The highest BCUT2D eigenvalue weighted by Crippen LogP contribution is 2.41. The molecule has 2 aromatic heterocycles. The van der Waals surface area contributed by atoms with Crippen LogP contribution in [0, 0.1) is 0 Å². The van der Waals surface area contributed by atoms with Crippen LogP contribution in [0.1, 0.15) is 113 Å². The summed E-state index contributed by atoms with van der Waals surface area (Å²) in [5.74, 6) is 0.660. The Labute approximate surface area is 369 Å². The Morgan fingerprint density at radius 2 is 1.02 bits per heavy atom.